The summed E-state index contributed by atoms with van der Waals surface area (Å²) >= 11 is 1.78. The molecule has 68 valence electrons. The van der Waals surface area contributed by atoms with E-state index in [2.05, 4.69) is 44.9 Å². The van der Waals surface area contributed by atoms with Crippen LogP contribution in [0.5, 0.6) is 0 Å². The summed E-state index contributed by atoms with van der Waals surface area (Å²) in [6.07, 6.45) is 0. The average Bonchev–Trinajstić information content (AvgIpc) is 2.78. The summed E-state index contributed by atoms with van der Waals surface area (Å²) in [6.45, 7) is 0. The molecule has 0 aliphatic heterocycles. The topological polar surface area (TPSA) is 0 Å². The number of rotatable bonds is 2. The van der Waals surface area contributed by atoms with Crippen LogP contribution in [-0.2, 0) is 0 Å². The van der Waals surface area contributed by atoms with Gasteiger partial charge in [0.15, 0.2) is 0 Å². The summed E-state index contributed by atoms with van der Waals surface area (Å²) in [7, 11) is 0. The second-order valence-electron chi connectivity index (χ2n) is 3.58. The van der Waals surface area contributed by atoms with Crippen LogP contribution in [0.4, 0.5) is 0 Å². The molecule has 0 saturated heterocycles. The van der Waals surface area contributed by atoms with Crippen molar-refractivity contribution in [1.29, 1.82) is 0 Å². The van der Waals surface area contributed by atoms with Crippen molar-refractivity contribution in [2.75, 3.05) is 0 Å². The van der Waals surface area contributed by atoms with Gasteiger partial charge in [0.25, 0.3) is 0 Å². The number of hydrogen-bond donors (Lipinski definition) is 0. The van der Waals surface area contributed by atoms with Gasteiger partial charge in [0.1, 0.15) is 0 Å². The number of thiophene rings is 2. The minimum atomic E-state index is -2.08. The SMILES string of the molecule is [CH3][Sn]([CH3])([c]1cccs1)[c]1cccs1. The molecule has 0 nitrogen and oxygen atoms in total. The van der Waals surface area contributed by atoms with Gasteiger partial charge in [0.05, 0.1) is 0 Å². The van der Waals surface area contributed by atoms with Crippen molar-refractivity contribution in [1.82, 2.24) is 0 Å². The van der Waals surface area contributed by atoms with E-state index in [4.69, 9.17) is 0 Å². The quantitative estimate of drug-likeness (QED) is 0.748. The van der Waals surface area contributed by atoms with E-state index in [1.807, 2.05) is 22.7 Å². The molecule has 0 aliphatic carbocycles. The van der Waals surface area contributed by atoms with Crippen LogP contribution < -0.4 is 5.79 Å². The molecule has 0 atom stereocenters. The van der Waals surface area contributed by atoms with Crippen molar-refractivity contribution < 1.29 is 0 Å². The molecule has 13 heavy (non-hydrogen) atoms. The molecule has 2 aromatic rings. The Labute approximate surface area is 91.1 Å². The third-order valence-corrected chi connectivity index (χ3v) is 20.5. The predicted molar refractivity (Wildman–Crippen MR) is 65.4 cm³/mol. The summed E-state index contributed by atoms with van der Waals surface area (Å²) in [5.74, 6) is 0. The molecule has 0 bridgehead atoms. The van der Waals surface area contributed by atoms with Crippen molar-refractivity contribution >= 4 is 46.8 Å². The van der Waals surface area contributed by atoms with Gasteiger partial charge in [-0.15, -0.1) is 0 Å². The molecule has 0 N–H and O–H groups in total. The van der Waals surface area contributed by atoms with Crippen molar-refractivity contribution in [3.8, 4) is 0 Å². The molecule has 2 aromatic heterocycles. The Hall–Kier alpha value is 0.199. The zero-order chi connectivity index (χ0) is 9.31. The van der Waals surface area contributed by atoms with Crippen LogP contribution in [0, 0.1) is 0 Å². The van der Waals surface area contributed by atoms with Gasteiger partial charge < -0.3 is 0 Å². The van der Waals surface area contributed by atoms with Gasteiger partial charge in [0, 0.05) is 0 Å². The third kappa shape index (κ3) is 1.85. The van der Waals surface area contributed by atoms with Gasteiger partial charge >= 0.3 is 91.7 Å². The van der Waals surface area contributed by atoms with Gasteiger partial charge in [0.2, 0.25) is 0 Å². The van der Waals surface area contributed by atoms with Gasteiger partial charge in [-0.25, -0.2) is 0 Å². The maximum absolute atomic E-state index is 2.49. The van der Waals surface area contributed by atoms with Crippen molar-refractivity contribution in [2.24, 2.45) is 0 Å². The van der Waals surface area contributed by atoms with Crippen LogP contribution >= 0.6 is 22.7 Å². The van der Waals surface area contributed by atoms with E-state index in [0.717, 1.165) is 0 Å². The molecule has 0 saturated carbocycles. The van der Waals surface area contributed by atoms with Crippen LogP contribution in [0.15, 0.2) is 35.0 Å². The fraction of sp³-hybridized carbons (Fsp3) is 0.200. The van der Waals surface area contributed by atoms with Crippen LogP contribution in [0.2, 0.25) is 9.88 Å². The first-order chi connectivity index (χ1) is 6.21. The molecule has 0 spiro atoms. The summed E-state index contributed by atoms with van der Waals surface area (Å²) in [6, 6.07) is 8.96. The summed E-state index contributed by atoms with van der Waals surface area (Å²) in [5.41, 5.74) is 0. The Kier molecular flexibility index (Phi) is 2.81. The molecule has 0 aromatic carbocycles. The van der Waals surface area contributed by atoms with E-state index in [-0.39, 0.29) is 0 Å². The summed E-state index contributed by atoms with van der Waals surface area (Å²) < 4.78 is 3.30. The molecule has 0 unspecified atom stereocenters. The van der Waals surface area contributed by atoms with Gasteiger partial charge in [-0.1, -0.05) is 0 Å². The summed E-state index contributed by atoms with van der Waals surface area (Å²) in [4.78, 5) is 4.98. The predicted octanol–water partition coefficient (Wildman–Crippen LogP) is 2.63. The van der Waals surface area contributed by atoms with Crippen molar-refractivity contribution in [3.63, 3.8) is 0 Å². The van der Waals surface area contributed by atoms with E-state index in [0.29, 0.717) is 0 Å². The Morgan fingerprint density at radius 3 is 1.69 bits per heavy atom. The van der Waals surface area contributed by atoms with Crippen LogP contribution in [0.1, 0.15) is 0 Å². The Balaban J connectivity index is 2.42. The van der Waals surface area contributed by atoms with E-state index in [9.17, 15) is 0 Å². The zero-order valence-corrected chi connectivity index (χ0v) is 12.3. The first-order valence-electron chi connectivity index (χ1n) is 4.29. The monoisotopic (exact) mass is 316 g/mol. The van der Waals surface area contributed by atoms with Crippen LogP contribution in [0.25, 0.3) is 0 Å². The normalized spacial score (nSPS) is 11.8. The van der Waals surface area contributed by atoms with Gasteiger partial charge in [-0.2, -0.15) is 0 Å². The van der Waals surface area contributed by atoms with Crippen LogP contribution in [0.3, 0.4) is 0 Å². The molecule has 2 heterocycles. The zero-order valence-electron chi connectivity index (χ0n) is 7.78. The van der Waals surface area contributed by atoms with E-state index in [1.165, 1.54) is 0 Å². The molecule has 0 aliphatic rings. The fourth-order valence-electron chi connectivity index (χ4n) is 1.39. The van der Waals surface area contributed by atoms with Crippen molar-refractivity contribution in [2.45, 2.75) is 9.88 Å². The molecule has 3 heteroatoms. The first-order valence-corrected chi connectivity index (χ1v) is 14.6. The molecule has 0 radical (unpaired) electrons. The van der Waals surface area contributed by atoms with E-state index < -0.39 is 18.4 Å². The first kappa shape index (κ1) is 9.74. The molecular formula is C10H12S2Sn. The molecule has 0 amide bonds. The average molecular weight is 315 g/mol. The van der Waals surface area contributed by atoms with Gasteiger partial charge in [-0.3, -0.25) is 0 Å². The second kappa shape index (κ2) is 3.75. The summed E-state index contributed by atoms with van der Waals surface area (Å²) in [5, 5.41) is 4.39. The Morgan fingerprint density at radius 2 is 1.38 bits per heavy atom. The molecule has 0 fully saturated rings. The molecule has 2 rings (SSSR count). The maximum atomic E-state index is 2.49. The second-order valence-corrected chi connectivity index (χ2v) is 19.9. The van der Waals surface area contributed by atoms with Gasteiger partial charge in [-0.05, 0) is 0 Å². The van der Waals surface area contributed by atoms with Crippen molar-refractivity contribution in [3.05, 3.63) is 35.0 Å². The third-order valence-electron chi connectivity index (χ3n) is 2.27. The minimum absolute atomic E-state index is 1.65. The van der Waals surface area contributed by atoms with E-state index >= 15 is 0 Å². The number of hydrogen-bond acceptors (Lipinski definition) is 2. The van der Waals surface area contributed by atoms with Crippen LogP contribution in [-0.4, -0.2) is 18.4 Å². The fourth-order valence-corrected chi connectivity index (χ4v) is 14.6. The molecular weight excluding hydrogens is 303 g/mol. The standard InChI is InChI=1S/2C4H3S.2CH3.Sn/c2*1-2-4-5-3-1;;;/h2*1-3H;2*1H3;. The Bertz CT molecular complexity index is 323. The Morgan fingerprint density at radius 1 is 0.923 bits per heavy atom. The van der Waals surface area contributed by atoms with E-state index in [1.54, 1.807) is 5.79 Å².